The number of hydrogen-bond donors (Lipinski definition) is 1. The summed E-state index contributed by atoms with van der Waals surface area (Å²) in [5.74, 6) is -1.33. The molecule has 1 aromatic carbocycles. The Hall–Kier alpha value is -0.880. The maximum Gasteiger partial charge on any atom is 0.325 e. The van der Waals surface area contributed by atoms with Crippen molar-refractivity contribution in [3.05, 3.63) is 28.7 Å². The van der Waals surface area contributed by atoms with Gasteiger partial charge in [0.15, 0.2) is 14.6 Å². The number of sulfone groups is 1. The molecule has 0 fully saturated rings. The van der Waals surface area contributed by atoms with E-state index in [9.17, 15) is 13.2 Å². The minimum Gasteiger partial charge on any atom is -0.480 e. The smallest absolute Gasteiger partial charge is 0.325 e. The molecule has 4 nitrogen and oxygen atoms in total. The number of carbonyl (C=O) groups is 1. The van der Waals surface area contributed by atoms with Crippen LogP contribution in [0.2, 0.25) is 0 Å². The molecule has 0 heterocycles. The summed E-state index contributed by atoms with van der Waals surface area (Å²) in [5.41, 5.74) is 0. The predicted molar refractivity (Wildman–Crippen MR) is 67.7 cm³/mol. The minimum absolute atomic E-state index is 0.0146. The summed E-state index contributed by atoms with van der Waals surface area (Å²) >= 11 is 3.20. The maximum atomic E-state index is 12.2. The van der Waals surface area contributed by atoms with Crippen molar-refractivity contribution in [1.29, 1.82) is 0 Å². The molecule has 0 aliphatic rings. The average molecular weight is 321 g/mol. The lowest BCUT2D eigenvalue weighted by molar-refractivity contribution is -0.139. The molecule has 0 bridgehead atoms. The molecule has 0 aliphatic carbocycles. The summed E-state index contributed by atoms with van der Waals surface area (Å²) in [6.07, 6.45) is 0.0146. The molecule has 94 valence electrons. The van der Waals surface area contributed by atoms with Gasteiger partial charge in [-0.2, -0.15) is 0 Å². The van der Waals surface area contributed by atoms with Gasteiger partial charge >= 0.3 is 5.97 Å². The van der Waals surface area contributed by atoms with Crippen LogP contribution in [-0.2, 0) is 14.6 Å². The van der Waals surface area contributed by atoms with E-state index in [0.29, 0.717) is 0 Å². The SMILES string of the molecule is CCC(C)(C(=O)O)S(=O)(=O)c1ccc(Br)cc1. The molecule has 1 atom stereocenters. The molecule has 1 N–H and O–H groups in total. The second-order valence-corrected chi connectivity index (χ2v) is 7.14. The molecule has 17 heavy (non-hydrogen) atoms. The van der Waals surface area contributed by atoms with E-state index < -0.39 is 20.6 Å². The van der Waals surface area contributed by atoms with Crippen molar-refractivity contribution >= 4 is 31.7 Å². The Bertz CT molecular complexity index is 521. The Morgan fingerprint density at radius 1 is 1.35 bits per heavy atom. The van der Waals surface area contributed by atoms with E-state index in [1.54, 1.807) is 19.1 Å². The van der Waals surface area contributed by atoms with Crippen molar-refractivity contribution in [3.8, 4) is 0 Å². The van der Waals surface area contributed by atoms with E-state index in [0.717, 1.165) is 4.47 Å². The highest BCUT2D eigenvalue weighted by atomic mass is 79.9. The zero-order valence-electron chi connectivity index (χ0n) is 9.47. The third-order valence-electron chi connectivity index (χ3n) is 2.84. The molecular weight excluding hydrogens is 308 g/mol. The fraction of sp³-hybridized carbons (Fsp3) is 0.364. The third kappa shape index (κ3) is 2.37. The summed E-state index contributed by atoms with van der Waals surface area (Å²) in [4.78, 5) is 11.2. The van der Waals surface area contributed by atoms with Crippen molar-refractivity contribution in [2.45, 2.75) is 29.9 Å². The van der Waals surface area contributed by atoms with Gasteiger partial charge in [0.25, 0.3) is 0 Å². The van der Waals surface area contributed by atoms with Crippen LogP contribution in [0.3, 0.4) is 0 Å². The number of halogens is 1. The zero-order chi connectivity index (χ0) is 13.3. The fourth-order valence-electron chi connectivity index (χ4n) is 1.33. The lowest BCUT2D eigenvalue weighted by Crippen LogP contribution is -2.42. The molecule has 0 aliphatic heterocycles. The fourth-order valence-corrected chi connectivity index (χ4v) is 3.22. The zero-order valence-corrected chi connectivity index (χ0v) is 11.9. The molecule has 0 amide bonds. The second-order valence-electron chi connectivity index (χ2n) is 3.85. The largest absolute Gasteiger partial charge is 0.480 e. The summed E-state index contributed by atoms with van der Waals surface area (Å²) in [5, 5.41) is 9.10. The summed E-state index contributed by atoms with van der Waals surface area (Å²) in [7, 11) is -3.89. The lowest BCUT2D eigenvalue weighted by Gasteiger charge is -2.23. The molecule has 6 heteroatoms. The molecule has 0 radical (unpaired) electrons. The molecule has 0 aromatic heterocycles. The summed E-state index contributed by atoms with van der Waals surface area (Å²) < 4.78 is 23.4. The molecule has 0 spiro atoms. The molecule has 1 aromatic rings. The van der Waals surface area contributed by atoms with Crippen LogP contribution in [0.5, 0.6) is 0 Å². The van der Waals surface area contributed by atoms with Crippen molar-refractivity contribution in [2.24, 2.45) is 0 Å². The highest BCUT2D eigenvalue weighted by molar-refractivity contribution is 9.10. The number of carboxylic acids is 1. The van der Waals surface area contributed by atoms with Crippen LogP contribution in [0.25, 0.3) is 0 Å². The van der Waals surface area contributed by atoms with Gasteiger partial charge in [-0.25, -0.2) is 8.42 Å². The van der Waals surface area contributed by atoms with Gasteiger partial charge in [0, 0.05) is 4.47 Å². The van der Waals surface area contributed by atoms with Crippen LogP contribution in [0.4, 0.5) is 0 Å². The molecule has 0 saturated carbocycles. The van der Waals surface area contributed by atoms with Crippen molar-refractivity contribution in [1.82, 2.24) is 0 Å². The van der Waals surface area contributed by atoms with Gasteiger partial charge in [-0.05, 0) is 37.6 Å². The van der Waals surface area contributed by atoms with Gasteiger partial charge in [0.05, 0.1) is 4.90 Å². The first kappa shape index (κ1) is 14.2. The number of aliphatic carboxylic acids is 1. The van der Waals surface area contributed by atoms with Crippen LogP contribution < -0.4 is 0 Å². The third-order valence-corrected chi connectivity index (χ3v) is 5.92. The van der Waals surface area contributed by atoms with Crippen LogP contribution in [-0.4, -0.2) is 24.2 Å². The topological polar surface area (TPSA) is 71.4 Å². The van der Waals surface area contributed by atoms with Gasteiger partial charge in [-0.15, -0.1) is 0 Å². The van der Waals surface area contributed by atoms with Crippen molar-refractivity contribution < 1.29 is 18.3 Å². The predicted octanol–water partition coefficient (Wildman–Crippen LogP) is 2.48. The number of rotatable bonds is 4. The number of hydrogen-bond acceptors (Lipinski definition) is 3. The van der Waals surface area contributed by atoms with Gasteiger partial charge in [0.1, 0.15) is 0 Å². The first-order valence-electron chi connectivity index (χ1n) is 4.99. The maximum absolute atomic E-state index is 12.2. The van der Waals surface area contributed by atoms with Crippen LogP contribution in [0.15, 0.2) is 33.6 Å². The lowest BCUT2D eigenvalue weighted by atomic mass is 10.1. The highest BCUT2D eigenvalue weighted by Gasteiger charge is 2.45. The molecular formula is C11H13BrO4S. The first-order chi connectivity index (χ1) is 7.75. The molecule has 0 saturated heterocycles. The second kappa shape index (κ2) is 4.78. The van der Waals surface area contributed by atoms with Gasteiger partial charge < -0.3 is 5.11 Å². The van der Waals surface area contributed by atoms with E-state index in [1.165, 1.54) is 19.1 Å². The van der Waals surface area contributed by atoms with Gasteiger partial charge in [0.2, 0.25) is 0 Å². The number of carboxylic acid groups (broad SMARTS) is 1. The average Bonchev–Trinajstić information content (AvgIpc) is 2.28. The highest BCUT2D eigenvalue weighted by Crippen LogP contribution is 2.29. The Balaban J connectivity index is 3.37. The molecule has 1 rings (SSSR count). The van der Waals surface area contributed by atoms with Crippen LogP contribution in [0, 0.1) is 0 Å². The van der Waals surface area contributed by atoms with Crippen LogP contribution >= 0.6 is 15.9 Å². The van der Waals surface area contributed by atoms with E-state index in [2.05, 4.69) is 15.9 Å². The van der Waals surface area contributed by atoms with Crippen molar-refractivity contribution in [2.75, 3.05) is 0 Å². The van der Waals surface area contributed by atoms with Crippen LogP contribution in [0.1, 0.15) is 20.3 Å². The normalized spacial score (nSPS) is 15.2. The summed E-state index contributed by atoms with van der Waals surface area (Å²) in [6, 6.07) is 5.95. The first-order valence-corrected chi connectivity index (χ1v) is 7.27. The number of benzene rings is 1. The van der Waals surface area contributed by atoms with Crippen molar-refractivity contribution in [3.63, 3.8) is 0 Å². The molecule has 1 unspecified atom stereocenters. The Morgan fingerprint density at radius 3 is 2.18 bits per heavy atom. The van der Waals surface area contributed by atoms with E-state index in [4.69, 9.17) is 5.11 Å². The quantitative estimate of drug-likeness (QED) is 0.925. The van der Waals surface area contributed by atoms with E-state index in [-0.39, 0.29) is 11.3 Å². The standard InChI is InChI=1S/C11H13BrO4S/c1-3-11(2,10(13)14)17(15,16)9-6-4-8(12)5-7-9/h4-7H,3H2,1-2H3,(H,13,14). The Kier molecular flexibility index (Phi) is 3.99. The minimum atomic E-state index is -3.89. The van der Waals surface area contributed by atoms with E-state index >= 15 is 0 Å². The van der Waals surface area contributed by atoms with Gasteiger partial charge in [-0.3, -0.25) is 4.79 Å². The monoisotopic (exact) mass is 320 g/mol. The van der Waals surface area contributed by atoms with E-state index in [1.807, 2.05) is 0 Å². The van der Waals surface area contributed by atoms with Gasteiger partial charge in [-0.1, -0.05) is 22.9 Å². The Morgan fingerprint density at radius 2 is 1.82 bits per heavy atom. The summed E-state index contributed by atoms with van der Waals surface area (Å²) in [6.45, 7) is 2.78. The Labute approximate surface area is 109 Å².